The summed E-state index contributed by atoms with van der Waals surface area (Å²) in [6.45, 7) is 0.395. The minimum Gasteiger partial charge on any atom is -0.497 e. The van der Waals surface area contributed by atoms with Gasteiger partial charge in [-0.2, -0.15) is 0 Å². The third-order valence-corrected chi connectivity index (χ3v) is 4.50. The summed E-state index contributed by atoms with van der Waals surface area (Å²) in [6, 6.07) is 13.3. The molecule has 0 aliphatic rings. The number of thioether (sulfide) groups is 1. The number of hydrogen-bond donors (Lipinski definition) is 1. The van der Waals surface area contributed by atoms with Crippen LogP contribution in [0.5, 0.6) is 5.75 Å². The first-order valence-electron chi connectivity index (χ1n) is 8.16. The van der Waals surface area contributed by atoms with Crippen LogP contribution in [0.2, 0.25) is 0 Å². The molecule has 0 fully saturated rings. The number of carbonyl (C=O) groups excluding carboxylic acids is 1. The highest BCUT2D eigenvalue weighted by Gasteiger charge is 2.14. The molecule has 0 atom stereocenters. The Hall–Kier alpha value is -3.40. The monoisotopic (exact) mass is 400 g/mol. The van der Waals surface area contributed by atoms with Crippen LogP contribution in [0.15, 0.2) is 58.2 Å². The maximum absolute atomic E-state index is 12.0. The largest absolute Gasteiger partial charge is 0.497 e. The van der Waals surface area contributed by atoms with E-state index in [1.807, 2.05) is 24.3 Å². The average Bonchev–Trinajstić information content (AvgIpc) is 3.20. The number of rotatable bonds is 8. The van der Waals surface area contributed by atoms with Crippen LogP contribution in [0.3, 0.4) is 0 Å². The van der Waals surface area contributed by atoms with Gasteiger partial charge in [-0.3, -0.25) is 14.9 Å². The quantitative estimate of drug-likeness (QED) is 0.348. The van der Waals surface area contributed by atoms with Crippen LogP contribution in [0.1, 0.15) is 5.56 Å². The van der Waals surface area contributed by atoms with Crippen molar-refractivity contribution >= 4 is 23.4 Å². The Balaban J connectivity index is 1.51. The van der Waals surface area contributed by atoms with Gasteiger partial charge in [-0.15, -0.1) is 10.2 Å². The third kappa shape index (κ3) is 5.07. The Bertz CT molecular complexity index is 974. The molecule has 1 aromatic heterocycles. The van der Waals surface area contributed by atoms with Gasteiger partial charge in [0.15, 0.2) is 0 Å². The lowest BCUT2D eigenvalue weighted by Gasteiger charge is -2.05. The molecule has 144 valence electrons. The van der Waals surface area contributed by atoms with E-state index in [2.05, 4.69) is 15.5 Å². The number of nitrogens with one attached hydrogen (secondary N) is 1. The predicted molar refractivity (Wildman–Crippen MR) is 102 cm³/mol. The molecule has 0 unspecified atom stereocenters. The lowest BCUT2D eigenvalue weighted by molar-refractivity contribution is -0.384. The van der Waals surface area contributed by atoms with Crippen molar-refractivity contribution in [1.82, 2.24) is 15.5 Å². The average molecular weight is 400 g/mol. The van der Waals surface area contributed by atoms with E-state index in [-0.39, 0.29) is 28.5 Å². The standard InChI is InChI=1S/C18H16N4O5S/c1-26-15-7-5-12(6-8-15)10-19-16(23)11-28-18-21-20-17(27-18)13-3-2-4-14(9-13)22(24)25/h2-9H,10-11H2,1H3,(H,19,23). The van der Waals surface area contributed by atoms with Gasteiger partial charge in [0, 0.05) is 24.2 Å². The van der Waals surface area contributed by atoms with Gasteiger partial charge in [0.25, 0.3) is 10.9 Å². The van der Waals surface area contributed by atoms with Gasteiger partial charge in [0.2, 0.25) is 11.8 Å². The van der Waals surface area contributed by atoms with Crippen molar-refractivity contribution < 1.29 is 18.9 Å². The van der Waals surface area contributed by atoms with Crippen molar-refractivity contribution in [2.45, 2.75) is 11.8 Å². The lowest BCUT2D eigenvalue weighted by Crippen LogP contribution is -2.24. The van der Waals surface area contributed by atoms with Gasteiger partial charge >= 0.3 is 0 Å². The maximum atomic E-state index is 12.0. The van der Waals surface area contributed by atoms with Crippen LogP contribution in [-0.2, 0) is 11.3 Å². The number of carbonyl (C=O) groups is 1. The SMILES string of the molecule is COc1ccc(CNC(=O)CSc2nnc(-c3cccc([N+](=O)[O-])c3)o2)cc1. The van der Waals surface area contributed by atoms with Gasteiger partial charge in [0.05, 0.1) is 17.8 Å². The van der Waals surface area contributed by atoms with E-state index in [4.69, 9.17) is 9.15 Å². The molecule has 3 rings (SSSR count). The Morgan fingerprint density at radius 3 is 2.75 bits per heavy atom. The summed E-state index contributed by atoms with van der Waals surface area (Å²) < 4.78 is 10.6. The normalized spacial score (nSPS) is 10.5. The number of methoxy groups -OCH3 is 1. The van der Waals surface area contributed by atoms with E-state index in [1.165, 1.54) is 18.2 Å². The number of nitro benzene ring substituents is 1. The molecule has 0 saturated carbocycles. The van der Waals surface area contributed by atoms with Gasteiger partial charge in [-0.05, 0) is 23.8 Å². The van der Waals surface area contributed by atoms with Gasteiger partial charge in [0.1, 0.15) is 5.75 Å². The number of non-ortho nitro benzene ring substituents is 1. The van der Waals surface area contributed by atoms with Crippen molar-refractivity contribution in [3.8, 4) is 17.2 Å². The molecule has 1 heterocycles. The fourth-order valence-corrected chi connectivity index (χ4v) is 2.85. The minimum absolute atomic E-state index is 0.0668. The molecule has 0 radical (unpaired) electrons. The molecule has 28 heavy (non-hydrogen) atoms. The summed E-state index contributed by atoms with van der Waals surface area (Å²) in [5.74, 6) is 0.828. The summed E-state index contributed by atoms with van der Waals surface area (Å²) in [5, 5.41) is 21.6. The van der Waals surface area contributed by atoms with Crippen molar-refractivity contribution in [2.24, 2.45) is 0 Å². The number of amides is 1. The zero-order valence-electron chi connectivity index (χ0n) is 14.8. The number of benzene rings is 2. The highest BCUT2D eigenvalue weighted by atomic mass is 32.2. The fraction of sp³-hybridized carbons (Fsp3) is 0.167. The van der Waals surface area contributed by atoms with E-state index in [1.54, 1.807) is 13.2 Å². The summed E-state index contributed by atoms with van der Waals surface area (Å²) in [6.07, 6.45) is 0. The zero-order chi connectivity index (χ0) is 19.9. The Morgan fingerprint density at radius 1 is 1.25 bits per heavy atom. The molecule has 3 aromatic rings. The highest BCUT2D eigenvalue weighted by molar-refractivity contribution is 7.99. The number of ether oxygens (including phenoxy) is 1. The van der Waals surface area contributed by atoms with Crippen molar-refractivity contribution in [3.05, 3.63) is 64.2 Å². The first-order chi connectivity index (χ1) is 13.5. The first kappa shape index (κ1) is 19.4. The van der Waals surface area contributed by atoms with Gasteiger partial charge < -0.3 is 14.5 Å². The number of nitrogens with zero attached hydrogens (tertiary/aromatic N) is 3. The van der Waals surface area contributed by atoms with Crippen LogP contribution in [-0.4, -0.2) is 33.9 Å². The molecule has 0 aliphatic heterocycles. The van der Waals surface area contributed by atoms with Gasteiger partial charge in [-0.1, -0.05) is 30.0 Å². The van der Waals surface area contributed by atoms with E-state index in [0.29, 0.717) is 12.1 Å². The molecule has 1 N–H and O–H groups in total. The van der Waals surface area contributed by atoms with Crippen LogP contribution in [0, 0.1) is 10.1 Å². The second-order valence-corrected chi connectivity index (χ2v) is 6.52. The second-order valence-electron chi connectivity index (χ2n) is 5.59. The molecule has 0 aliphatic carbocycles. The maximum Gasteiger partial charge on any atom is 0.277 e. The van der Waals surface area contributed by atoms with Crippen molar-refractivity contribution in [1.29, 1.82) is 0 Å². The summed E-state index contributed by atoms with van der Waals surface area (Å²) in [7, 11) is 1.59. The van der Waals surface area contributed by atoms with Crippen molar-refractivity contribution in [3.63, 3.8) is 0 Å². The van der Waals surface area contributed by atoms with Crippen LogP contribution in [0.4, 0.5) is 5.69 Å². The fourth-order valence-electron chi connectivity index (χ4n) is 2.26. The summed E-state index contributed by atoms with van der Waals surface area (Å²) >= 11 is 1.09. The molecule has 0 saturated heterocycles. The minimum atomic E-state index is -0.497. The van der Waals surface area contributed by atoms with E-state index in [0.717, 1.165) is 23.1 Å². The second kappa shape index (κ2) is 9.00. The molecular formula is C18H16N4O5S. The van der Waals surface area contributed by atoms with Crippen LogP contribution in [0.25, 0.3) is 11.5 Å². The molecule has 9 nitrogen and oxygen atoms in total. The van der Waals surface area contributed by atoms with Crippen molar-refractivity contribution in [2.75, 3.05) is 12.9 Å². The molecule has 1 amide bonds. The summed E-state index contributed by atoms with van der Waals surface area (Å²) in [4.78, 5) is 22.3. The summed E-state index contributed by atoms with van der Waals surface area (Å²) in [5.41, 5.74) is 1.32. The Morgan fingerprint density at radius 2 is 2.04 bits per heavy atom. The van der Waals surface area contributed by atoms with Crippen LogP contribution >= 0.6 is 11.8 Å². The highest BCUT2D eigenvalue weighted by Crippen LogP contribution is 2.25. The Labute approximate surface area is 164 Å². The zero-order valence-corrected chi connectivity index (χ0v) is 15.6. The molecule has 0 spiro atoms. The van der Waals surface area contributed by atoms with Gasteiger partial charge in [-0.25, -0.2) is 0 Å². The molecule has 10 heteroatoms. The topological polar surface area (TPSA) is 120 Å². The molecular weight excluding hydrogens is 384 g/mol. The third-order valence-electron chi connectivity index (χ3n) is 3.69. The Kier molecular flexibility index (Phi) is 6.22. The van der Waals surface area contributed by atoms with E-state index in [9.17, 15) is 14.9 Å². The molecule has 2 aromatic carbocycles. The lowest BCUT2D eigenvalue weighted by atomic mass is 10.2. The van der Waals surface area contributed by atoms with E-state index < -0.39 is 4.92 Å². The number of hydrogen-bond acceptors (Lipinski definition) is 8. The predicted octanol–water partition coefficient (Wildman–Crippen LogP) is 3.06. The number of aromatic nitrogens is 2. The first-order valence-corrected chi connectivity index (χ1v) is 9.14. The van der Waals surface area contributed by atoms with E-state index >= 15 is 0 Å². The number of nitro groups is 1. The van der Waals surface area contributed by atoms with Crippen LogP contribution < -0.4 is 10.1 Å². The smallest absolute Gasteiger partial charge is 0.277 e. The molecule has 0 bridgehead atoms.